The quantitative estimate of drug-likeness (QED) is 0.297. The molecule has 3 aromatic carbocycles. The summed E-state index contributed by atoms with van der Waals surface area (Å²) in [5, 5.41) is 0. The highest BCUT2D eigenvalue weighted by Crippen LogP contribution is 2.47. The molecule has 0 spiro atoms. The third-order valence-electron chi connectivity index (χ3n) is 10.2. The van der Waals surface area contributed by atoms with E-state index >= 15 is 0 Å². The lowest BCUT2D eigenvalue weighted by molar-refractivity contribution is 0.268. The van der Waals surface area contributed by atoms with Crippen LogP contribution in [0.25, 0.3) is 0 Å². The molecule has 0 aromatic heterocycles. The van der Waals surface area contributed by atoms with Gasteiger partial charge in [0.15, 0.2) is 0 Å². The number of ether oxygens (including phenoxy) is 3. The summed E-state index contributed by atoms with van der Waals surface area (Å²) in [6.45, 7) is 19.0. The summed E-state index contributed by atoms with van der Waals surface area (Å²) >= 11 is 0. The highest BCUT2D eigenvalue weighted by Gasteiger charge is 2.34. The molecule has 3 aliphatic heterocycles. The maximum absolute atomic E-state index is 6.37. The third kappa shape index (κ3) is 5.45. The Bertz CT molecular complexity index is 1460. The van der Waals surface area contributed by atoms with Gasteiger partial charge in [-0.25, -0.2) is 0 Å². The lowest BCUT2D eigenvalue weighted by Crippen LogP contribution is -2.27. The lowest BCUT2D eigenvalue weighted by Gasteiger charge is -2.36. The van der Waals surface area contributed by atoms with E-state index < -0.39 is 0 Å². The van der Waals surface area contributed by atoms with Gasteiger partial charge in [-0.1, -0.05) is 84.9 Å². The van der Waals surface area contributed by atoms with Crippen molar-refractivity contribution in [3.05, 3.63) is 87.5 Å². The second kappa shape index (κ2) is 11.0. The van der Waals surface area contributed by atoms with Crippen molar-refractivity contribution in [2.75, 3.05) is 19.8 Å². The van der Waals surface area contributed by atoms with Gasteiger partial charge < -0.3 is 14.2 Å². The minimum absolute atomic E-state index is 0.0400. The van der Waals surface area contributed by atoms with Crippen molar-refractivity contribution in [1.82, 2.24) is 0 Å². The summed E-state index contributed by atoms with van der Waals surface area (Å²) < 4.78 is 18.6. The van der Waals surface area contributed by atoms with Gasteiger partial charge in [-0.3, -0.25) is 0 Å². The molecule has 0 saturated carbocycles. The third-order valence-corrected chi connectivity index (χ3v) is 10.2. The Morgan fingerprint density at radius 1 is 0.643 bits per heavy atom. The molecule has 3 aliphatic rings. The average molecular weight is 567 g/mol. The lowest BCUT2D eigenvalue weighted by atomic mass is 9.70. The molecule has 0 aliphatic carbocycles. The fraction of sp³-hybridized carbons (Fsp3) is 0.538. The smallest absolute Gasteiger partial charge is 0.126 e. The first-order valence-corrected chi connectivity index (χ1v) is 16.3. The Hall–Kier alpha value is -2.94. The van der Waals surface area contributed by atoms with Gasteiger partial charge in [0.25, 0.3) is 0 Å². The van der Waals surface area contributed by atoms with E-state index in [9.17, 15) is 0 Å². The monoisotopic (exact) mass is 566 g/mol. The largest absolute Gasteiger partial charge is 0.493 e. The van der Waals surface area contributed by atoms with Crippen molar-refractivity contribution in [2.24, 2.45) is 0 Å². The highest BCUT2D eigenvalue weighted by atomic mass is 16.5. The molecule has 0 amide bonds. The molecular formula is C39H50O3. The molecule has 0 saturated heterocycles. The number of rotatable bonds is 6. The molecule has 224 valence electrons. The molecule has 42 heavy (non-hydrogen) atoms. The Morgan fingerprint density at radius 2 is 1.36 bits per heavy atom. The summed E-state index contributed by atoms with van der Waals surface area (Å²) in [7, 11) is 0. The van der Waals surface area contributed by atoms with E-state index in [-0.39, 0.29) is 16.2 Å². The summed E-state index contributed by atoms with van der Waals surface area (Å²) in [5.41, 5.74) is 10.0. The van der Waals surface area contributed by atoms with E-state index in [2.05, 4.69) is 97.0 Å². The van der Waals surface area contributed by atoms with Crippen molar-refractivity contribution in [1.29, 1.82) is 0 Å². The van der Waals surface area contributed by atoms with Crippen molar-refractivity contribution >= 4 is 0 Å². The van der Waals surface area contributed by atoms with Crippen molar-refractivity contribution in [2.45, 2.75) is 116 Å². The van der Waals surface area contributed by atoms with Gasteiger partial charge in [-0.15, -0.1) is 0 Å². The predicted octanol–water partition coefficient (Wildman–Crippen LogP) is 9.58. The molecule has 3 heteroatoms. The van der Waals surface area contributed by atoms with Crippen LogP contribution in [0, 0.1) is 0 Å². The Morgan fingerprint density at radius 3 is 2.14 bits per heavy atom. The minimum atomic E-state index is 0.0400. The fourth-order valence-corrected chi connectivity index (χ4v) is 7.47. The van der Waals surface area contributed by atoms with Gasteiger partial charge in [0.1, 0.15) is 17.2 Å². The van der Waals surface area contributed by atoms with Gasteiger partial charge >= 0.3 is 0 Å². The van der Waals surface area contributed by atoms with Gasteiger partial charge in [0, 0.05) is 11.5 Å². The second-order valence-corrected chi connectivity index (χ2v) is 15.2. The number of hydrogen-bond acceptors (Lipinski definition) is 3. The van der Waals surface area contributed by atoms with Crippen LogP contribution in [0.4, 0.5) is 0 Å². The predicted molar refractivity (Wildman–Crippen MR) is 173 cm³/mol. The number of benzene rings is 3. The molecule has 0 N–H and O–H groups in total. The van der Waals surface area contributed by atoms with Crippen LogP contribution in [0.3, 0.4) is 0 Å². The van der Waals surface area contributed by atoms with E-state index in [1.165, 1.54) is 38.9 Å². The Kier molecular flexibility index (Phi) is 7.61. The van der Waals surface area contributed by atoms with Gasteiger partial charge in [0.2, 0.25) is 0 Å². The SMILES string of the molecule is CC(C)(C)c1ccc(C2CCOc3ccc(C(C)(C)CCC(C)(C)c4cccc5c4CCCO5)cc32)c2c1OCCC2. The zero-order valence-electron chi connectivity index (χ0n) is 27.0. The van der Waals surface area contributed by atoms with Crippen LogP contribution in [0.5, 0.6) is 17.2 Å². The first-order valence-electron chi connectivity index (χ1n) is 16.3. The van der Waals surface area contributed by atoms with Gasteiger partial charge in [-0.05, 0) is 107 Å². The van der Waals surface area contributed by atoms with Crippen LogP contribution in [0.15, 0.2) is 48.5 Å². The standard InChI is InChI=1S/C39H50O3/c1-37(2,3)33-17-16-27(29-11-9-23-42-36(29)33)28-19-24-41-35-18-15-26(25-31(28)35)38(4,5)20-21-39(6,7)32-13-8-14-34-30(32)12-10-22-40-34/h8,13-18,25,28H,9-12,19-24H2,1-7H3. The van der Waals surface area contributed by atoms with Crippen LogP contribution in [0.2, 0.25) is 0 Å². The van der Waals surface area contributed by atoms with Gasteiger partial charge in [0.05, 0.1) is 19.8 Å². The maximum Gasteiger partial charge on any atom is 0.126 e. The molecule has 3 heterocycles. The van der Waals surface area contributed by atoms with Crippen LogP contribution in [-0.4, -0.2) is 19.8 Å². The zero-order chi connectivity index (χ0) is 29.7. The second-order valence-electron chi connectivity index (χ2n) is 15.2. The van der Waals surface area contributed by atoms with Crippen molar-refractivity contribution < 1.29 is 14.2 Å². The molecule has 6 rings (SSSR count). The summed E-state index contributed by atoms with van der Waals surface area (Å²) in [4.78, 5) is 0. The molecule has 3 nitrogen and oxygen atoms in total. The highest BCUT2D eigenvalue weighted by molar-refractivity contribution is 5.56. The van der Waals surface area contributed by atoms with Crippen LogP contribution in [0.1, 0.15) is 125 Å². The van der Waals surface area contributed by atoms with Crippen LogP contribution < -0.4 is 14.2 Å². The molecule has 0 bridgehead atoms. The van der Waals surface area contributed by atoms with Gasteiger partial charge in [-0.2, -0.15) is 0 Å². The van der Waals surface area contributed by atoms with E-state index in [1.54, 1.807) is 0 Å². The summed E-state index contributed by atoms with van der Waals surface area (Å²) in [6.07, 6.45) is 7.64. The molecule has 0 fully saturated rings. The molecule has 0 radical (unpaired) electrons. The topological polar surface area (TPSA) is 27.7 Å². The van der Waals surface area contributed by atoms with E-state index in [1.807, 2.05) is 0 Å². The molecule has 1 unspecified atom stereocenters. The zero-order valence-corrected chi connectivity index (χ0v) is 27.0. The maximum atomic E-state index is 6.37. The fourth-order valence-electron chi connectivity index (χ4n) is 7.47. The van der Waals surface area contributed by atoms with Crippen LogP contribution >= 0.6 is 0 Å². The van der Waals surface area contributed by atoms with Crippen molar-refractivity contribution in [3.8, 4) is 17.2 Å². The molecule has 1 atom stereocenters. The van der Waals surface area contributed by atoms with E-state index in [0.717, 1.165) is 82.0 Å². The Labute approximate surface area is 254 Å². The molecule has 3 aromatic rings. The summed E-state index contributed by atoms with van der Waals surface area (Å²) in [6, 6.07) is 18.4. The summed E-state index contributed by atoms with van der Waals surface area (Å²) in [5.74, 6) is 3.62. The number of hydrogen-bond donors (Lipinski definition) is 0. The van der Waals surface area contributed by atoms with Crippen LogP contribution in [-0.2, 0) is 29.1 Å². The average Bonchev–Trinajstić information content (AvgIpc) is 2.98. The molecular weight excluding hydrogens is 516 g/mol. The van der Waals surface area contributed by atoms with E-state index in [0.29, 0.717) is 5.92 Å². The normalized spacial score (nSPS) is 18.6. The van der Waals surface area contributed by atoms with Crippen molar-refractivity contribution in [3.63, 3.8) is 0 Å². The first-order chi connectivity index (χ1) is 20.0. The first kappa shape index (κ1) is 29.1. The number of fused-ring (bicyclic) bond motifs is 3. The van der Waals surface area contributed by atoms with E-state index in [4.69, 9.17) is 14.2 Å². The Balaban J connectivity index is 1.29. The minimum Gasteiger partial charge on any atom is -0.493 e.